The highest BCUT2D eigenvalue weighted by molar-refractivity contribution is 7.93. The highest BCUT2D eigenvalue weighted by atomic mass is 32.2. The van der Waals surface area contributed by atoms with Gasteiger partial charge in [0.05, 0.1) is 30.0 Å². The molecule has 0 unspecified atom stereocenters. The molecule has 2 heterocycles. The summed E-state index contributed by atoms with van der Waals surface area (Å²) >= 11 is 0. The Hall–Kier alpha value is -2.95. The van der Waals surface area contributed by atoms with Gasteiger partial charge in [-0.25, -0.2) is 18.4 Å². The van der Waals surface area contributed by atoms with Crippen LogP contribution in [0.4, 0.5) is 17.3 Å². The Kier molecular flexibility index (Phi) is 7.50. The van der Waals surface area contributed by atoms with E-state index in [1.165, 1.54) is 0 Å². The summed E-state index contributed by atoms with van der Waals surface area (Å²) in [5.74, 6) is 1.19. The van der Waals surface area contributed by atoms with Crippen LogP contribution in [0.15, 0.2) is 42.5 Å². The largest absolute Gasteiger partial charge is 0.497 e. The second kappa shape index (κ2) is 10.5. The molecule has 4 rings (SSSR count). The number of nitrogens with one attached hydrogen (secondary N) is 2. The molecule has 0 bridgehead atoms. The highest BCUT2D eigenvalue weighted by Gasteiger charge is 2.30. The van der Waals surface area contributed by atoms with Crippen LogP contribution in [0.5, 0.6) is 5.75 Å². The molecule has 182 valence electrons. The van der Waals surface area contributed by atoms with Gasteiger partial charge in [0, 0.05) is 18.9 Å². The molecule has 34 heavy (non-hydrogen) atoms. The van der Waals surface area contributed by atoms with Gasteiger partial charge in [-0.2, -0.15) is 0 Å². The third-order valence-corrected chi connectivity index (χ3v) is 7.89. The fourth-order valence-electron chi connectivity index (χ4n) is 4.03. The number of fused-ring (bicyclic) bond motifs is 1. The second-order valence-electron chi connectivity index (χ2n) is 8.45. The molecule has 10 heteroatoms. The zero-order valence-electron chi connectivity index (χ0n) is 19.7. The summed E-state index contributed by atoms with van der Waals surface area (Å²) in [4.78, 5) is 11.5. The third kappa shape index (κ3) is 5.57. The van der Waals surface area contributed by atoms with Gasteiger partial charge in [0.1, 0.15) is 5.75 Å². The number of sulfonamides is 1. The first-order chi connectivity index (χ1) is 16.4. The lowest BCUT2D eigenvalue weighted by Crippen LogP contribution is -2.39. The summed E-state index contributed by atoms with van der Waals surface area (Å²) < 4.78 is 39.9. The van der Waals surface area contributed by atoms with E-state index >= 15 is 0 Å². The van der Waals surface area contributed by atoms with Gasteiger partial charge in [-0.1, -0.05) is 18.2 Å². The number of hydrogen-bond donors (Lipinski definition) is 2. The number of hydrogen-bond acceptors (Lipinski definition) is 8. The second-order valence-corrected chi connectivity index (χ2v) is 10.4. The van der Waals surface area contributed by atoms with Crippen molar-refractivity contribution in [3.63, 3.8) is 0 Å². The monoisotopic (exact) mass is 485 g/mol. The van der Waals surface area contributed by atoms with Crippen molar-refractivity contribution in [3.05, 3.63) is 48.0 Å². The van der Waals surface area contributed by atoms with Crippen molar-refractivity contribution in [3.8, 4) is 5.75 Å². The van der Waals surface area contributed by atoms with E-state index in [1.54, 1.807) is 14.2 Å². The Labute approximate surface area is 200 Å². The van der Waals surface area contributed by atoms with E-state index in [9.17, 15) is 8.42 Å². The molecule has 0 atom stereocenters. The zero-order chi connectivity index (χ0) is 24.1. The molecule has 2 N–H and O–H groups in total. The molecule has 2 aromatic carbocycles. The first-order valence-corrected chi connectivity index (χ1v) is 12.8. The molecule has 9 nitrogen and oxygen atoms in total. The number of anilines is 3. The van der Waals surface area contributed by atoms with Crippen molar-refractivity contribution in [1.82, 2.24) is 14.9 Å². The molecule has 1 saturated heterocycles. The quantitative estimate of drug-likeness (QED) is 0.475. The van der Waals surface area contributed by atoms with Crippen molar-refractivity contribution in [1.29, 1.82) is 0 Å². The summed E-state index contributed by atoms with van der Waals surface area (Å²) in [5.41, 5.74) is 3.01. The van der Waals surface area contributed by atoms with E-state index in [0.717, 1.165) is 24.3 Å². The fourth-order valence-corrected chi connectivity index (χ4v) is 5.44. The van der Waals surface area contributed by atoms with Crippen LogP contribution in [0.2, 0.25) is 0 Å². The summed E-state index contributed by atoms with van der Waals surface area (Å²) in [7, 11) is 1.61. The van der Waals surface area contributed by atoms with E-state index in [0.29, 0.717) is 48.5 Å². The minimum Gasteiger partial charge on any atom is -0.497 e. The molecule has 1 aliphatic rings. The number of nitrogens with zero attached hydrogens (tertiary/aromatic N) is 3. The summed E-state index contributed by atoms with van der Waals surface area (Å²) in [6.45, 7) is 2.03. The van der Waals surface area contributed by atoms with Gasteiger partial charge < -0.3 is 19.7 Å². The maximum Gasteiger partial charge on any atom is 0.236 e. The number of piperidine rings is 1. The molecule has 1 fully saturated rings. The van der Waals surface area contributed by atoms with Crippen molar-refractivity contribution in [2.45, 2.75) is 24.5 Å². The van der Waals surface area contributed by atoms with Gasteiger partial charge in [0.2, 0.25) is 10.0 Å². The smallest absolute Gasteiger partial charge is 0.236 e. The first kappa shape index (κ1) is 24.2. The van der Waals surface area contributed by atoms with E-state index in [2.05, 4.69) is 19.9 Å². The predicted molar refractivity (Wildman–Crippen MR) is 134 cm³/mol. The molecule has 0 saturated carbocycles. The maximum absolute atomic E-state index is 13.2. The van der Waals surface area contributed by atoms with Crippen LogP contribution in [0.3, 0.4) is 0 Å². The normalized spacial score (nSPS) is 15.4. The minimum atomic E-state index is -3.64. The Morgan fingerprint density at radius 3 is 2.35 bits per heavy atom. The van der Waals surface area contributed by atoms with Gasteiger partial charge in [0.25, 0.3) is 0 Å². The number of para-hydroxylation sites is 2. The number of benzene rings is 2. The Morgan fingerprint density at radius 1 is 1.03 bits per heavy atom. The number of aromatic nitrogens is 2. The molecule has 3 aromatic rings. The molecule has 0 spiro atoms. The van der Waals surface area contributed by atoms with Gasteiger partial charge in [-0.15, -0.1) is 0 Å². The molecule has 0 amide bonds. The van der Waals surface area contributed by atoms with Crippen LogP contribution in [0.1, 0.15) is 18.4 Å². The average molecular weight is 486 g/mol. The van der Waals surface area contributed by atoms with E-state index in [-0.39, 0.29) is 5.82 Å². The molecule has 0 radical (unpaired) electrons. The van der Waals surface area contributed by atoms with Crippen molar-refractivity contribution < 1.29 is 17.9 Å². The van der Waals surface area contributed by atoms with Crippen molar-refractivity contribution in [2.75, 3.05) is 51.0 Å². The van der Waals surface area contributed by atoms with Crippen LogP contribution < -0.4 is 14.8 Å². The first-order valence-electron chi connectivity index (χ1n) is 11.3. The molecule has 0 aliphatic carbocycles. The standard InChI is InChI=1S/C24H31N5O4S/c1-29-13-10-19(11-14-29)34(30,31)28-24-23(25-20-6-4-5-7-21(20)26-24)27-22-16-18(33-3)9-8-17(22)12-15-32-2/h4-9,16,19H,10-15H2,1-3H3,(H,25,27)(H,26,28). The maximum atomic E-state index is 13.2. The summed E-state index contributed by atoms with van der Waals surface area (Å²) in [5, 5.41) is 2.83. The highest BCUT2D eigenvalue weighted by Crippen LogP contribution is 2.31. The van der Waals surface area contributed by atoms with Gasteiger partial charge >= 0.3 is 0 Å². The zero-order valence-corrected chi connectivity index (χ0v) is 20.6. The summed E-state index contributed by atoms with van der Waals surface area (Å²) in [6.07, 6.45) is 1.82. The third-order valence-electron chi connectivity index (χ3n) is 6.06. The van der Waals surface area contributed by atoms with E-state index < -0.39 is 15.3 Å². The van der Waals surface area contributed by atoms with Crippen LogP contribution in [0, 0.1) is 0 Å². The van der Waals surface area contributed by atoms with Crippen LogP contribution >= 0.6 is 0 Å². The number of ether oxygens (including phenoxy) is 2. The fraction of sp³-hybridized carbons (Fsp3) is 0.417. The molecule has 1 aromatic heterocycles. The SMILES string of the molecule is COCCc1ccc(OC)cc1Nc1nc2ccccc2nc1NS(=O)(=O)C1CCN(C)CC1. The van der Waals surface area contributed by atoms with Gasteiger partial charge in [-0.05, 0) is 63.2 Å². The number of rotatable bonds is 9. The number of likely N-dealkylation sites (tertiary alicyclic amines) is 1. The Morgan fingerprint density at radius 2 is 1.71 bits per heavy atom. The van der Waals surface area contributed by atoms with Crippen LogP contribution in [-0.2, 0) is 21.2 Å². The molecular formula is C24H31N5O4S. The lowest BCUT2D eigenvalue weighted by molar-refractivity contribution is 0.202. The average Bonchev–Trinajstić information content (AvgIpc) is 2.83. The predicted octanol–water partition coefficient (Wildman–Crippen LogP) is 3.41. The summed E-state index contributed by atoms with van der Waals surface area (Å²) in [6, 6.07) is 13.1. The minimum absolute atomic E-state index is 0.179. The lowest BCUT2D eigenvalue weighted by atomic mass is 10.1. The van der Waals surface area contributed by atoms with E-state index in [4.69, 9.17) is 14.5 Å². The van der Waals surface area contributed by atoms with Crippen molar-refractivity contribution >= 4 is 38.4 Å². The Balaban J connectivity index is 1.72. The van der Waals surface area contributed by atoms with Gasteiger partial charge in [0.15, 0.2) is 11.6 Å². The molecular weight excluding hydrogens is 454 g/mol. The lowest BCUT2D eigenvalue weighted by Gasteiger charge is -2.28. The Bertz CT molecular complexity index is 1240. The van der Waals surface area contributed by atoms with Crippen LogP contribution in [-0.4, -0.2) is 69.5 Å². The number of methoxy groups -OCH3 is 2. The molecule has 1 aliphatic heterocycles. The van der Waals surface area contributed by atoms with Crippen molar-refractivity contribution in [2.24, 2.45) is 0 Å². The van der Waals surface area contributed by atoms with Gasteiger partial charge in [-0.3, -0.25) is 4.72 Å². The topological polar surface area (TPSA) is 106 Å². The van der Waals surface area contributed by atoms with Crippen LogP contribution in [0.25, 0.3) is 11.0 Å². The van der Waals surface area contributed by atoms with E-state index in [1.807, 2.05) is 49.5 Å².